The van der Waals surface area contributed by atoms with E-state index in [4.69, 9.17) is 11.6 Å². The van der Waals surface area contributed by atoms with E-state index < -0.39 is 28.9 Å². The molecule has 0 bridgehead atoms. The summed E-state index contributed by atoms with van der Waals surface area (Å²) in [4.78, 5) is 39.7. The molecule has 31 heavy (non-hydrogen) atoms. The van der Waals surface area contributed by atoms with E-state index in [2.05, 4.69) is 10.1 Å². The topological polar surface area (TPSA) is 108 Å². The van der Waals surface area contributed by atoms with E-state index in [9.17, 15) is 23.9 Å². The lowest BCUT2D eigenvalue weighted by Crippen LogP contribution is -2.30. The fraction of sp³-hybridized carbons (Fsp3) is 0.0476. The first kappa shape index (κ1) is 20.3. The lowest BCUT2D eigenvalue weighted by atomic mass is 10.1. The minimum atomic E-state index is -0.874. The minimum Gasteiger partial charge on any atom is -0.494 e. The summed E-state index contributed by atoms with van der Waals surface area (Å²) in [5.74, 6) is -1.69. The Morgan fingerprint density at radius 3 is 2.29 bits per heavy atom. The summed E-state index contributed by atoms with van der Waals surface area (Å²) >= 11 is 5.86. The maximum Gasteiger partial charge on any atom is 0.335 e. The maximum atomic E-state index is 13.2. The monoisotopic (exact) mass is 440 g/mol. The van der Waals surface area contributed by atoms with Gasteiger partial charge in [0.2, 0.25) is 5.88 Å². The highest BCUT2D eigenvalue weighted by Gasteiger charge is 2.30. The number of hydrazone groups is 1. The van der Waals surface area contributed by atoms with Gasteiger partial charge in [0, 0.05) is 5.02 Å². The number of aromatic hydroxyl groups is 1. The second-order valence-corrected chi connectivity index (χ2v) is 7.08. The number of carbonyl (C=O) groups is 1. The Kier molecular flexibility index (Phi) is 5.04. The molecule has 1 amide bonds. The number of halogens is 2. The van der Waals surface area contributed by atoms with Gasteiger partial charge >= 0.3 is 5.69 Å². The average molecular weight is 441 g/mol. The smallest absolute Gasteiger partial charge is 0.335 e. The molecule has 8 nitrogen and oxygen atoms in total. The Morgan fingerprint density at radius 2 is 1.65 bits per heavy atom. The molecule has 3 aromatic rings. The zero-order valence-electron chi connectivity index (χ0n) is 16.0. The zero-order valence-corrected chi connectivity index (χ0v) is 16.7. The predicted octanol–water partition coefficient (Wildman–Crippen LogP) is 2.83. The number of hydrogen-bond acceptors (Lipinski definition) is 5. The summed E-state index contributed by atoms with van der Waals surface area (Å²) < 4.78 is 14.1. The molecule has 0 aliphatic carbocycles. The Bertz CT molecular complexity index is 1370. The molecular weight excluding hydrogens is 427 g/mol. The van der Waals surface area contributed by atoms with Gasteiger partial charge in [-0.05, 0) is 61.5 Å². The molecule has 10 heteroatoms. The number of amides is 1. The number of aromatic nitrogens is 2. The molecule has 2 N–H and O–H groups in total. The Hall–Kier alpha value is -3.98. The third-order valence-corrected chi connectivity index (χ3v) is 4.88. The number of H-pyrrole nitrogens is 1. The molecular formula is C21H14ClFN4O4. The van der Waals surface area contributed by atoms with E-state index in [1.54, 1.807) is 6.92 Å². The van der Waals surface area contributed by atoms with Gasteiger partial charge in [-0.3, -0.25) is 14.6 Å². The van der Waals surface area contributed by atoms with E-state index in [-0.39, 0.29) is 22.5 Å². The Morgan fingerprint density at radius 1 is 1.03 bits per heavy atom. The van der Waals surface area contributed by atoms with Crippen LogP contribution in [-0.4, -0.2) is 26.3 Å². The summed E-state index contributed by atoms with van der Waals surface area (Å²) in [5.41, 5.74) is -1.13. The van der Waals surface area contributed by atoms with E-state index in [0.29, 0.717) is 10.7 Å². The van der Waals surface area contributed by atoms with Crippen LogP contribution in [0, 0.1) is 5.82 Å². The molecule has 0 unspecified atom stereocenters. The van der Waals surface area contributed by atoms with Crippen molar-refractivity contribution in [1.82, 2.24) is 9.55 Å². The van der Waals surface area contributed by atoms with Crippen LogP contribution in [0.1, 0.15) is 12.5 Å². The van der Waals surface area contributed by atoms with Gasteiger partial charge in [-0.2, -0.15) is 10.1 Å². The SMILES string of the molecule is CC1=NN(c2ccc(F)cc2)C(=O)/C1=C\c1c(O)n(-c2ccc(Cl)cc2)c(=O)[nH]c1=O. The van der Waals surface area contributed by atoms with Crippen LogP contribution in [-0.2, 0) is 4.79 Å². The van der Waals surface area contributed by atoms with Crippen LogP contribution in [0.15, 0.2) is 68.8 Å². The second-order valence-electron chi connectivity index (χ2n) is 6.65. The highest BCUT2D eigenvalue weighted by atomic mass is 35.5. The van der Waals surface area contributed by atoms with Gasteiger partial charge in [0.1, 0.15) is 11.4 Å². The second kappa shape index (κ2) is 7.69. The number of benzene rings is 2. The third kappa shape index (κ3) is 3.66. The summed E-state index contributed by atoms with van der Waals surface area (Å²) in [6.07, 6.45) is 1.16. The van der Waals surface area contributed by atoms with E-state index in [0.717, 1.165) is 15.7 Å². The number of hydrogen-bond donors (Lipinski definition) is 2. The molecule has 4 rings (SSSR count). The number of rotatable bonds is 3. The first-order valence-corrected chi connectivity index (χ1v) is 9.35. The number of nitrogens with one attached hydrogen (secondary N) is 1. The quantitative estimate of drug-likeness (QED) is 0.610. The van der Waals surface area contributed by atoms with Gasteiger partial charge in [-0.1, -0.05) is 11.6 Å². The van der Waals surface area contributed by atoms with Crippen LogP contribution in [0.4, 0.5) is 10.1 Å². The Labute approximate surface area is 179 Å². The van der Waals surface area contributed by atoms with E-state index >= 15 is 0 Å². The zero-order chi connectivity index (χ0) is 22.3. The first-order chi connectivity index (χ1) is 14.8. The van der Waals surface area contributed by atoms with Gasteiger partial charge in [0.15, 0.2) is 0 Å². The van der Waals surface area contributed by atoms with Crippen molar-refractivity contribution in [2.75, 3.05) is 5.01 Å². The molecule has 156 valence electrons. The lowest BCUT2D eigenvalue weighted by molar-refractivity contribution is -0.114. The van der Waals surface area contributed by atoms with Crippen molar-refractivity contribution < 1.29 is 14.3 Å². The van der Waals surface area contributed by atoms with Crippen molar-refractivity contribution in [3.8, 4) is 11.6 Å². The van der Waals surface area contributed by atoms with Crippen LogP contribution in [0.3, 0.4) is 0 Å². The van der Waals surface area contributed by atoms with E-state index in [1.165, 1.54) is 48.5 Å². The summed E-state index contributed by atoms with van der Waals surface area (Å²) in [6, 6.07) is 11.2. The summed E-state index contributed by atoms with van der Waals surface area (Å²) in [6.45, 7) is 1.55. The number of nitrogens with zero attached hydrogens (tertiary/aromatic N) is 3. The van der Waals surface area contributed by atoms with Crippen molar-refractivity contribution >= 4 is 35.0 Å². The standard InChI is InChI=1S/C21H14ClFN4O4/c1-11-16(20(30)27(25-11)15-8-4-13(23)5-9-15)10-17-18(28)24-21(31)26(19(17)29)14-6-2-12(22)3-7-14/h2-10,29H,1H3,(H,24,28,31)/b16-10-. The van der Waals surface area contributed by atoms with Crippen molar-refractivity contribution in [3.63, 3.8) is 0 Å². The molecule has 0 atom stereocenters. The molecule has 0 radical (unpaired) electrons. The van der Waals surface area contributed by atoms with Crippen molar-refractivity contribution in [2.24, 2.45) is 5.10 Å². The molecule has 0 saturated carbocycles. The molecule has 2 aromatic carbocycles. The molecule has 0 saturated heterocycles. The summed E-state index contributed by atoms with van der Waals surface area (Å²) in [5, 5.41) is 16.3. The molecule has 2 heterocycles. The highest BCUT2D eigenvalue weighted by molar-refractivity contribution is 6.32. The van der Waals surface area contributed by atoms with Crippen molar-refractivity contribution in [2.45, 2.75) is 6.92 Å². The highest BCUT2D eigenvalue weighted by Crippen LogP contribution is 2.26. The van der Waals surface area contributed by atoms with Gasteiger partial charge in [-0.25, -0.2) is 13.8 Å². The largest absolute Gasteiger partial charge is 0.494 e. The van der Waals surface area contributed by atoms with Crippen LogP contribution in [0.2, 0.25) is 5.02 Å². The fourth-order valence-electron chi connectivity index (χ4n) is 3.08. The molecule has 1 aliphatic rings. The maximum absolute atomic E-state index is 13.2. The number of aromatic amines is 1. The van der Waals surface area contributed by atoms with E-state index in [1.807, 2.05) is 0 Å². The predicted molar refractivity (Wildman–Crippen MR) is 114 cm³/mol. The molecule has 0 fully saturated rings. The third-order valence-electron chi connectivity index (χ3n) is 4.63. The summed E-state index contributed by atoms with van der Waals surface area (Å²) in [7, 11) is 0. The van der Waals surface area contributed by atoms with Crippen molar-refractivity contribution in [1.29, 1.82) is 0 Å². The van der Waals surface area contributed by atoms with Gasteiger partial charge in [0.25, 0.3) is 11.5 Å². The molecule has 0 spiro atoms. The van der Waals surface area contributed by atoms with Crippen LogP contribution in [0.25, 0.3) is 11.8 Å². The van der Waals surface area contributed by atoms with Gasteiger partial charge in [-0.15, -0.1) is 0 Å². The number of carbonyl (C=O) groups excluding carboxylic acids is 1. The normalized spacial score (nSPS) is 14.9. The van der Waals surface area contributed by atoms with Crippen LogP contribution < -0.4 is 16.3 Å². The van der Waals surface area contributed by atoms with Crippen LogP contribution in [0.5, 0.6) is 5.88 Å². The van der Waals surface area contributed by atoms with Crippen molar-refractivity contribution in [3.05, 3.63) is 91.3 Å². The Balaban J connectivity index is 1.81. The molecule has 1 aromatic heterocycles. The minimum absolute atomic E-state index is 0.0337. The van der Waals surface area contributed by atoms with Crippen LogP contribution >= 0.6 is 11.6 Å². The van der Waals surface area contributed by atoms with Gasteiger partial charge < -0.3 is 5.11 Å². The van der Waals surface area contributed by atoms with Gasteiger partial charge in [0.05, 0.1) is 22.7 Å². The first-order valence-electron chi connectivity index (χ1n) is 8.98. The fourth-order valence-corrected chi connectivity index (χ4v) is 3.21. The average Bonchev–Trinajstić information content (AvgIpc) is 3.01. The molecule has 1 aliphatic heterocycles. The lowest BCUT2D eigenvalue weighted by Gasteiger charge is -2.12. The number of anilines is 1.